The summed E-state index contributed by atoms with van der Waals surface area (Å²) in [6.07, 6.45) is 9.55. The van der Waals surface area contributed by atoms with Crippen molar-refractivity contribution in [2.24, 2.45) is 10.9 Å². The van der Waals surface area contributed by atoms with E-state index in [-0.39, 0.29) is 30.3 Å². The molecule has 2 fully saturated rings. The summed E-state index contributed by atoms with van der Waals surface area (Å²) in [6, 6.07) is 5.55. The molecule has 2 unspecified atom stereocenters. The van der Waals surface area contributed by atoms with Gasteiger partial charge in [-0.15, -0.1) is 0 Å². The van der Waals surface area contributed by atoms with Crippen molar-refractivity contribution in [1.29, 1.82) is 0 Å². The number of allylic oxidation sites excluding steroid dienone is 1. The summed E-state index contributed by atoms with van der Waals surface area (Å²) in [4.78, 5) is 36.2. The maximum atomic E-state index is 12.9. The Labute approximate surface area is 261 Å². The molecule has 2 amide bonds. The van der Waals surface area contributed by atoms with Crippen molar-refractivity contribution in [2.75, 3.05) is 53.5 Å². The molecule has 1 saturated heterocycles. The molecule has 9 nitrogen and oxygen atoms in total. The number of hydrogen-bond donors (Lipinski definition) is 1. The Kier molecular flexibility index (Phi) is 11.1. The fourth-order valence-electron chi connectivity index (χ4n) is 5.64. The number of benzene rings is 1. The molecule has 0 bridgehead atoms. The van der Waals surface area contributed by atoms with Crippen LogP contribution in [-0.4, -0.2) is 98.2 Å². The first-order chi connectivity index (χ1) is 20.5. The van der Waals surface area contributed by atoms with E-state index in [0.717, 1.165) is 35.1 Å². The lowest BCUT2D eigenvalue weighted by atomic mass is 9.83. The Morgan fingerprint density at radius 3 is 2.65 bits per heavy atom. The third-order valence-electron chi connectivity index (χ3n) is 8.46. The fraction of sp³-hybridized carbons (Fsp3) is 0.545. The Hall–Kier alpha value is -3.14. The summed E-state index contributed by atoms with van der Waals surface area (Å²) in [5.74, 6) is 0.194. The summed E-state index contributed by atoms with van der Waals surface area (Å²) in [6.45, 7) is 13.4. The summed E-state index contributed by atoms with van der Waals surface area (Å²) >= 11 is 6.59. The molecule has 0 spiro atoms. The summed E-state index contributed by atoms with van der Waals surface area (Å²) in [7, 11) is 3.80. The van der Waals surface area contributed by atoms with E-state index in [1.165, 1.54) is 0 Å². The Morgan fingerprint density at radius 2 is 2.00 bits per heavy atom. The number of nitrogens with zero attached hydrogens (tertiary/aromatic N) is 4. The minimum Gasteiger partial charge on any atom is -0.443 e. The number of halogens is 1. The van der Waals surface area contributed by atoms with Gasteiger partial charge >= 0.3 is 6.09 Å². The zero-order valence-corrected chi connectivity index (χ0v) is 26.9. The van der Waals surface area contributed by atoms with Crippen molar-refractivity contribution >= 4 is 35.5 Å². The Balaban J connectivity index is 1.61. The van der Waals surface area contributed by atoms with Gasteiger partial charge in [-0.1, -0.05) is 42.8 Å². The number of nitrogens with one attached hydrogen (secondary N) is 1. The molecule has 1 N–H and O–H groups in total. The highest BCUT2D eigenvalue weighted by Crippen LogP contribution is 2.46. The minimum atomic E-state index is -0.464. The molecule has 43 heavy (non-hydrogen) atoms. The second-order valence-electron chi connectivity index (χ2n) is 12.1. The van der Waals surface area contributed by atoms with E-state index in [4.69, 9.17) is 21.1 Å². The molecule has 4 atom stereocenters. The minimum absolute atomic E-state index is 0.0302. The highest BCUT2D eigenvalue weighted by molar-refractivity contribution is 6.30. The van der Waals surface area contributed by atoms with Gasteiger partial charge in [0.05, 0.1) is 12.4 Å². The number of rotatable bonds is 10. The van der Waals surface area contributed by atoms with Crippen molar-refractivity contribution in [2.45, 2.75) is 57.7 Å². The van der Waals surface area contributed by atoms with Gasteiger partial charge in [-0.25, -0.2) is 9.79 Å². The molecule has 1 aromatic carbocycles. The molecule has 0 radical (unpaired) electrons. The topological polar surface area (TPSA) is 86.7 Å². The lowest BCUT2D eigenvalue weighted by Crippen LogP contribution is -2.50. The van der Waals surface area contributed by atoms with Crippen LogP contribution in [0.1, 0.15) is 57.2 Å². The number of piperazine rings is 1. The quantitative estimate of drug-likeness (QED) is 0.220. The number of amides is 2. The summed E-state index contributed by atoms with van der Waals surface area (Å²) in [5.41, 5.74) is 3.78. The van der Waals surface area contributed by atoms with Crippen LogP contribution in [-0.2, 0) is 14.3 Å². The first-order valence-electron chi connectivity index (χ1n) is 15.1. The van der Waals surface area contributed by atoms with Crippen LogP contribution in [0.3, 0.4) is 0 Å². The highest BCUT2D eigenvalue weighted by atomic mass is 35.5. The predicted molar refractivity (Wildman–Crippen MR) is 172 cm³/mol. The van der Waals surface area contributed by atoms with Crippen LogP contribution in [0.4, 0.5) is 4.79 Å². The summed E-state index contributed by atoms with van der Waals surface area (Å²) < 4.78 is 11.2. The monoisotopic (exact) mass is 611 g/mol. The molecule has 1 heterocycles. The molecular formula is C33H46ClN5O4. The van der Waals surface area contributed by atoms with Gasteiger partial charge in [0.15, 0.2) is 0 Å². The summed E-state index contributed by atoms with van der Waals surface area (Å²) in [5, 5.41) is 3.74. The van der Waals surface area contributed by atoms with E-state index in [1.54, 1.807) is 12.5 Å². The van der Waals surface area contributed by atoms with E-state index in [1.807, 2.05) is 56.0 Å². The molecule has 234 valence electrons. The normalized spacial score (nSPS) is 26.3. The predicted octanol–water partition coefficient (Wildman–Crippen LogP) is 5.29. The van der Waals surface area contributed by atoms with Gasteiger partial charge in [-0.3, -0.25) is 9.69 Å². The van der Waals surface area contributed by atoms with Crippen molar-refractivity contribution in [3.05, 3.63) is 64.9 Å². The number of carbonyl (C=O) groups excluding carboxylic acids is 2. The van der Waals surface area contributed by atoms with Crippen LogP contribution in [0, 0.1) is 5.92 Å². The van der Waals surface area contributed by atoms with E-state index < -0.39 is 6.04 Å². The van der Waals surface area contributed by atoms with Crippen molar-refractivity contribution in [3.8, 4) is 0 Å². The standard InChI is InChI=1S/C33H46ClN5O4/c1-7-42-21-31(40)36-29(12-13-35-22-37(5)6)26-10-8-23(2)18-30(27-11-9-25(34)19-28(26)27)38-14-16-39(17-15-38)32(41)43-33(4)20-24(33)3/h9-13,19,22,24,29-30H,2,7-8,14-18,20-21H2,1,3-6H3,(H,36,40)/b13-12+,26-10+,35-22?/t24?,29-,30+,33?/m0/s1. The first-order valence-corrected chi connectivity index (χ1v) is 15.5. The maximum Gasteiger partial charge on any atom is 0.410 e. The SMILES string of the molecule is C=C1C/C=C(/[C@H](/C=C/N=CN(C)C)NC(=O)COCC)c2cc(Cl)ccc2[C@H](N2CCN(C(=O)OC3(C)CC3C)CC2)C1. The number of hydrogen-bond acceptors (Lipinski definition) is 6. The van der Waals surface area contributed by atoms with Gasteiger partial charge < -0.3 is 24.6 Å². The molecule has 4 rings (SSSR count). The van der Waals surface area contributed by atoms with Gasteiger partial charge in [-0.2, -0.15) is 0 Å². The number of ether oxygens (including phenoxy) is 2. The molecule has 2 aliphatic carbocycles. The van der Waals surface area contributed by atoms with E-state index >= 15 is 0 Å². The van der Waals surface area contributed by atoms with Gasteiger partial charge in [0.1, 0.15) is 12.2 Å². The van der Waals surface area contributed by atoms with E-state index in [0.29, 0.717) is 50.1 Å². The lowest BCUT2D eigenvalue weighted by Gasteiger charge is -2.41. The molecule has 10 heteroatoms. The van der Waals surface area contributed by atoms with Crippen LogP contribution in [0.25, 0.3) is 5.57 Å². The average molecular weight is 612 g/mol. The van der Waals surface area contributed by atoms with Crippen LogP contribution in [0.5, 0.6) is 0 Å². The number of aliphatic imine (C=N–C) groups is 1. The van der Waals surface area contributed by atoms with E-state index in [9.17, 15) is 9.59 Å². The second kappa shape index (κ2) is 14.6. The number of carbonyl (C=O) groups is 2. The maximum absolute atomic E-state index is 12.9. The molecule has 1 aromatic rings. The Morgan fingerprint density at radius 1 is 1.28 bits per heavy atom. The third-order valence-corrected chi connectivity index (χ3v) is 8.69. The molecule has 3 aliphatic rings. The smallest absolute Gasteiger partial charge is 0.410 e. The van der Waals surface area contributed by atoms with Crippen LogP contribution < -0.4 is 5.32 Å². The third kappa shape index (κ3) is 8.71. The van der Waals surface area contributed by atoms with Gasteiger partial charge in [0.2, 0.25) is 5.91 Å². The first kappa shape index (κ1) is 32.8. The average Bonchev–Trinajstić information content (AvgIpc) is 3.56. The van der Waals surface area contributed by atoms with Crippen molar-refractivity contribution in [1.82, 2.24) is 20.0 Å². The van der Waals surface area contributed by atoms with Gasteiger partial charge in [-0.05, 0) is 73.9 Å². The highest BCUT2D eigenvalue weighted by Gasteiger charge is 2.51. The second-order valence-corrected chi connectivity index (χ2v) is 12.6. The lowest BCUT2D eigenvalue weighted by molar-refractivity contribution is -0.125. The zero-order valence-electron chi connectivity index (χ0n) is 26.1. The van der Waals surface area contributed by atoms with Crippen LogP contribution in [0.2, 0.25) is 5.02 Å². The molecule has 1 aliphatic heterocycles. The van der Waals surface area contributed by atoms with Crippen LogP contribution in [0.15, 0.2) is 53.7 Å². The fourth-order valence-corrected chi connectivity index (χ4v) is 5.81. The van der Waals surface area contributed by atoms with Crippen molar-refractivity contribution in [3.63, 3.8) is 0 Å². The zero-order chi connectivity index (χ0) is 31.1. The molecule has 1 saturated carbocycles. The largest absolute Gasteiger partial charge is 0.443 e. The number of fused-ring (bicyclic) bond motifs is 1. The van der Waals surface area contributed by atoms with E-state index in [2.05, 4.69) is 40.9 Å². The van der Waals surface area contributed by atoms with Gasteiger partial charge in [0.25, 0.3) is 0 Å². The van der Waals surface area contributed by atoms with Crippen molar-refractivity contribution < 1.29 is 19.1 Å². The van der Waals surface area contributed by atoms with Gasteiger partial charge in [0, 0.05) is 64.1 Å². The van der Waals surface area contributed by atoms with Crippen LogP contribution >= 0.6 is 11.6 Å². The molecule has 0 aromatic heterocycles. The molecular weight excluding hydrogens is 566 g/mol. The Bertz CT molecular complexity index is 1270.